The van der Waals surface area contributed by atoms with E-state index in [1.807, 2.05) is 0 Å². The molecule has 1 rings (SSSR count). The maximum absolute atomic E-state index is 13.3. The van der Waals surface area contributed by atoms with E-state index in [-0.39, 0.29) is 0 Å². The third-order valence-electron chi connectivity index (χ3n) is 1.83. The number of hydrogen-bond donors (Lipinski definition) is 1. The molecular weight excluding hydrogens is 252 g/mol. The molecule has 0 spiro atoms. The van der Waals surface area contributed by atoms with Crippen molar-refractivity contribution < 1.29 is 27.5 Å². The van der Waals surface area contributed by atoms with E-state index in [4.69, 9.17) is 16.7 Å². The van der Waals surface area contributed by atoms with Crippen LogP contribution in [0.15, 0.2) is 12.1 Å². The number of halogens is 5. The van der Waals surface area contributed by atoms with Crippen molar-refractivity contribution in [3.63, 3.8) is 0 Å². The second kappa shape index (κ2) is 4.29. The smallest absolute Gasteiger partial charge is 0.416 e. The van der Waals surface area contributed by atoms with Crippen LogP contribution >= 0.6 is 11.6 Å². The highest BCUT2D eigenvalue weighted by molar-refractivity contribution is 6.30. The molecule has 0 aliphatic rings. The number of carboxylic acid groups (broad SMARTS) is 1. The van der Waals surface area contributed by atoms with Crippen LogP contribution < -0.4 is 0 Å². The summed E-state index contributed by atoms with van der Waals surface area (Å²) in [7, 11) is 0. The molecular formula is C9H5ClF4O2. The summed E-state index contributed by atoms with van der Waals surface area (Å²) in [5, 5.41) is 7.86. The zero-order valence-corrected chi connectivity index (χ0v) is 8.36. The zero-order chi connectivity index (χ0) is 12.5. The van der Waals surface area contributed by atoms with Crippen molar-refractivity contribution in [2.75, 3.05) is 0 Å². The van der Waals surface area contributed by atoms with Crippen LogP contribution in [0, 0.1) is 5.82 Å². The van der Waals surface area contributed by atoms with Gasteiger partial charge in [-0.25, -0.2) is 4.39 Å². The molecule has 0 fully saturated rings. The van der Waals surface area contributed by atoms with Gasteiger partial charge in [0.1, 0.15) is 5.82 Å². The minimum Gasteiger partial charge on any atom is -0.481 e. The first-order valence-electron chi connectivity index (χ1n) is 3.99. The first-order chi connectivity index (χ1) is 7.23. The van der Waals surface area contributed by atoms with E-state index in [9.17, 15) is 22.4 Å². The largest absolute Gasteiger partial charge is 0.481 e. The Bertz CT molecular complexity index is 428. The van der Waals surface area contributed by atoms with Crippen LogP contribution in [0.4, 0.5) is 17.6 Å². The van der Waals surface area contributed by atoms with E-state index in [0.717, 1.165) is 6.07 Å². The number of carbonyl (C=O) groups is 1. The molecule has 0 bridgehead atoms. The molecule has 0 aromatic heterocycles. The molecule has 0 radical (unpaired) electrons. The summed E-state index contributed by atoms with van der Waals surface area (Å²) in [5.74, 6) is -2.91. The monoisotopic (exact) mass is 256 g/mol. The highest BCUT2D eigenvalue weighted by Crippen LogP contribution is 2.35. The Morgan fingerprint density at radius 2 is 1.94 bits per heavy atom. The van der Waals surface area contributed by atoms with Gasteiger partial charge in [-0.15, -0.1) is 0 Å². The SMILES string of the molecule is O=C(O)Cc1c(C(F)(F)F)ccc(Cl)c1F. The first kappa shape index (κ1) is 12.8. The number of rotatable bonds is 2. The molecule has 0 amide bonds. The normalized spacial score (nSPS) is 11.6. The predicted molar refractivity (Wildman–Crippen MR) is 47.8 cm³/mol. The van der Waals surface area contributed by atoms with Crippen LogP contribution in [0.25, 0.3) is 0 Å². The van der Waals surface area contributed by atoms with Crippen molar-refractivity contribution in [1.29, 1.82) is 0 Å². The molecule has 0 aliphatic heterocycles. The molecule has 0 atom stereocenters. The molecule has 7 heteroatoms. The molecule has 0 aliphatic carbocycles. The molecule has 2 nitrogen and oxygen atoms in total. The Morgan fingerprint density at radius 3 is 2.38 bits per heavy atom. The molecule has 1 aromatic rings. The van der Waals surface area contributed by atoms with Crippen LogP contribution in [-0.4, -0.2) is 11.1 Å². The van der Waals surface area contributed by atoms with Gasteiger partial charge in [0.05, 0.1) is 17.0 Å². The van der Waals surface area contributed by atoms with Crippen molar-refractivity contribution in [2.24, 2.45) is 0 Å². The number of benzene rings is 1. The molecule has 0 unspecified atom stereocenters. The lowest BCUT2D eigenvalue weighted by Gasteiger charge is -2.12. The maximum atomic E-state index is 13.3. The van der Waals surface area contributed by atoms with E-state index >= 15 is 0 Å². The summed E-state index contributed by atoms with van der Waals surface area (Å²) in [6.07, 6.45) is -5.88. The standard InChI is InChI=1S/C9H5ClF4O2/c10-6-2-1-5(9(12,13)14)4(8(6)11)3-7(15)16/h1-2H,3H2,(H,15,16). The number of carboxylic acids is 1. The number of alkyl halides is 3. The van der Waals surface area contributed by atoms with Crippen LogP contribution in [-0.2, 0) is 17.4 Å². The fourth-order valence-electron chi connectivity index (χ4n) is 1.18. The van der Waals surface area contributed by atoms with Gasteiger partial charge in [0.2, 0.25) is 0 Å². The number of aliphatic carboxylic acids is 1. The van der Waals surface area contributed by atoms with Gasteiger partial charge in [0.15, 0.2) is 0 Å². The highest BCUT2D eigenvalue weighted by Gasteiger charge is 2.35. The lowest BCUT2D eigenvalue weighted by Crippen LogP contribution is -2.14. The van der Waals surface area contributed by atoms with Gasteiger partial charge >= 0.3 is 12.1 Å². The molecule has 16 heavy (non-hydrogen) atoms. The Kier molecular flexibility index (Phi) is 3.42. The van der Waals surface area contributed by atoms with Crippen LogP contribution in [0.3, 0.4) is 0 Å². The van der Waals surface area contributed by atoms with E-state index in [1.165, 1.54) is 0 Å². The summed E-state index contributed by atoms with van der Waals surface area (Å²) in [6, 6.07) is 1.30. The van der Waals surface area contributed by atoms with Crippen molar-refractivity contribution in [3.05, 3.63) is 34.1 Å². The molecule has 1 aromatic carbocycles. The van der Waals surface area contributed by atoms with Crippen LogP contribution in [0.5, 0.6) is 0 Å². The van der Waals surface area contributed by atoms with Gasteiger partial charge in [0, 0.05) is 5.56 Å². The molecule has 0 saturated carbocycles. The van der Waals surface area contributed by atoms with E-state index < -0.39 is 40.5 Å². The third kappa shape index (κ3) is 2.63. The summed E-state index contributed by atoms with van der Waals surface area (Å²) < 4.78 is 50.5. The van der Waals surface area contributed by atoms with Crippen molar-refractivity contribution in [2.45, 2.75) is 12.6 Å². The average Bonchev–Trinajstić information content (AvgIpc) is 2.10. The summed E-state index contributed by atoms with van der Waals surface area (Å²) >= 11 is 5.28. The Morgan fingerprint density at radius 1 is 1.38 bits per heavy atom. The third-order valence-corrected chi connectivity index (χ3v) is 2.12. The summed E-state index contributed by atoms with van der Waals surface area (Å²) in [6.45, 7) is 0. The molecule has 0 heterocycles. The van der Waals surface area contributed by atoms with Gasteiger partial charge < -0.3 is 5.11 Å². The molecule has 88 valence electrons. The first-order valence-corrected chi connectivity index (χ1v) is 4.37. The Labute approximate surface area is 92.4 Å². The lowest BCUT2D eigenvalue weighted by atomic mass is 10.0. The van der Waals surface area contributed by atoms with Gasteiger partial charge in [-0.1, -0.05) is 11.6 Å². The van der Waals surface area contributed by atoms with E-state index in [2.05, 4.69) is 0 Å². The van der Waals surface area contributed by atoms with Crippen molar-refractivity contribution in [1.82, 2.24) is 0 Å². The van der Waals surface area contributed by atoms with Gasteiger partial charge in [-0.3, -0.25) is 4.79 Å². The topological polar surface area (TPSA) is 37.3 Å². The maximum Gasteiger partial charge on any atom is 0.416 e. The van der Waals surface area contributed by atoms with Crippen LogP contribution in [0.1, 0.15) is 11.1 Å². The van der Waals surface area contributed by atoms with Gasteiger partial charge in [-0.05, 0) is 12.1 Å². The minimum absolute atomic E-state index is 0.538. The number of hydrogen-bond acceptors (Lipinski definition) is 1. The average molecular weight is 257 g/mol. The molecule has 0 saturated heterocycles. The van der Waals surface area contributed by atoms with Crippen molar-refractivity contribution >= 4 is 17.6 Å². The van der Waals surface area contributed by atoms with Crippen molar-refractivity contribution in [3.8, 4) is 0 Å². The Balaban J connectivity index is 3.39. The van der Waals surface area contributed by atoms with E-state index in [0.29, 0.717) is 6.07 Å². The lowest BCUT2D eigenvalue weighted by molar-refractivity contribution is -0.140. The Hall–Kier alpha value is -1.30. The fourth-order valence-corrected chi connectivity index (χ4v) is 1.36. The second-order valence-electron chi connectivity index (χ2n) is 2.96. The van der Waals surface area contributed by atoms with Gasteiger partial charge in [0.25, 0.3) is 0 Å². The molecule has 1 N–H and O–H groups in total. The summed E-state index contributed by atoms with van der Waals surface area (Å²) in [5.41, 5.74) is -2.27. The van der Waals surface area contributed by atoms with E-state index in [1.54, 1.807) is 0 Å². The minimum atomic E-state index is -4.81. The fraction of sp³-hybridized carbons (Fsp3) is 0.222. The highest BCUT2D eigenvalue weighted by atomic mass is 35.5. The van der Waals surface area contributed by atoms with Crippen LogP contribution in [0.2, 0.25) is 5.02 Å². The second-order valence-corrected chi connectivity index (χ2v) is 3.36. The predicted octanol–water partition coefficient (Wildman–Crippen LogP) is 3.13. The van der Waals surface area contributed by atoms with Gasteiger partial charge in [-0.2, -0.15) is 13.2 Å². The summed E-state index contributed by atoms with van der Waals surface area (Å²) in [4.78, 5) is 10.3. The quantitative estimate of drug-likeness (QED) is 0.826. The zero-order valence-electron chi connectivity index (χ0n) is 7.61.